The first kappa shape index (κ1) is 25.3. The Bertz CT molecular complexity index is 954. The molecule has 35 heavy (non-hydrogen) atoms. The van der Waals surface area contributed by atoms with E-state index in [0.717, 1.165) is 50.5 Å². The highest BCUT2D eigenvalue weighted by Gasteiger charge is 2.75. The summed E-state index contributed by atoms with van der Waals surface area (Å²) in [6.45, 7) is 15.3. The summed E-state index contributed by atoms with van der Waals surface area (Å²) in [6.07, 6.45) is 7.34. The average molecular weight is 487 g/mol. The van der Waals surface area contributed by atoms with Crippen molar-refractivity contribution < 1.29 is 24.9 Å². The third-order valence-electron chi connectivity index (χ3n) is 13.3. The Morgan fingerprint density at radius 1 is 0.800 bits per heavy atom. The van der Waals surface area contributed by atoms with E-state index in [2.05, 4.69) is 34.3 Å². The van der Waals surface area contributed by atoms with Crippen LogP contribution in [-0.2, 0) is 9.59 Å². The van der Waals surface area contributed by atoms with Crippen LogP contribution in [0.2, 0.25) is 0 Å². The van der Waals surface area contributed by atoms with Gasteiger partial charge in [0.1, 0.15) is 0 Å². The first-order chi connectivity index (χ1) is 16.2. The molecule has 5 nitrogen and oxygen atoms in total. The van der Waals surface area contributed by atoms with Gasteiger partial charge in [-0.25, -0.2) is 0 Å². The second-order valence-corrected chi connectivity index (χ2v) is 14.4. The molecule has 5 rings (SSSR count). The highest BCUT2D eigenvalue weighted by molar-refractivity contribution is 5.80. The van der Waals surface area contributed by atoms with Crippen molar-refractivity contribution in [2.45, 2.75) is 105 Å². The Labute approximate surface area is 210 Å². The van der Waals surface area contributed by atoms with Gasteiger partial charge in [0, 0.05) is 0 Å². The molecule has 5 aliphatic rings. The third kappa shape index (κ3) is 2.85. The van der Waals surface area contributed by atoms with Crippen LogP contribution in [0.1, 0.15) is 98.8 Å². The van der Waals surface area contributed by atoms with E-state index in [4.69, 9.17) is 0 Å². The van der Waals surface area contributed by atoms with Crippen molar-refractivity contribution >= 4 is 11.9 Å². The highest BCUT2D eigenvalue weighted by Crippen LogP contribution is 2.77. The number of rotatable bonds is 3. The Morgan fingerprint density at radius 3 is 2.09 bits per heavy atom. The number of aliphatic hydroxyl groups is 1. The molecule has 0 amide bonds. The van der Waals surface area contributed by atoms with Gasteiger partial charge in [-0.1, -0.05) is 39.8 Å². The van der Waals surface area contributed by atoms with E-state index in [1.807, 2.05) is 6.92 Å². The van der Waals surface area contributed by atoms with Gasteiger partial charge in [0.15, 0.2) is 0 Å². The molecule has 0 radical (unpaired) electrons. The number of aliphatic carboxylic acids is 2. The molecular formula is C30H46O5. The lowest BCUT2D eigenvalue weighted by molar-refractivity contribution is -0.254. The van der Waals surface area contributed by atoms with Crippen molar-refractivity contribution in [1.29, 1.82) is 0 Å². The summed E-state index contributed by atoms with van der Waals surface area (Å²) in [4.78, 5) is 26.3. The van der Waals surface area contributed by atoms with E-state index in [9.17, 15) is 24.9 Å². The second kappa shape index (κ2) is 7.58. The fraction of sp³-hybridized carbons (Fsp3) is 0.867. The van der Waals surface area contributed by atoms with E-state index in [1.54, 1.807) is 0 Å². The molecule has 5 fully saturated rings. The van der Waals surface area contributed by atoms with E-state index in [1.165, 1.54) is 0 Å². The van der Waals surface area contributed by atoms with Gasteiger partial charge in [-0.3, -0.25) is 9.59 Å². The molecule has 0 heterocycles. The van der Waals surface area contributed by atoms with Crippen molar-refractivity contribution in [1.82, 2.24) is 0 Å². The number of hydrogen-bond donors (Lipinski definition) is 3. The number of carboxylic acid groups (broad SMARTS) is 2. The molecule has 10 atom stereocenters. The number of carboxylic acids is 2. The van der Waals surface area contributed by atoms with Gasteiger partial charge < -0.3 is 15.3 Å². The maximum Gasteiger partial charge on any atom is 0.310 e. The Hall–Kier alpha value is -1.36. The minimum absolute atomic E-state index is 0.00604. The van der Waals surface area contributed by atoms with E-state index < -0.39 is 22.8 Å². The summed E-state index contributed by atoms with van der Waals surface area (Å²) in [6, 6.07) is 0. The van der Waals surface area contributed by atoms with Gasteiger partial charge in [-0.05, 0) is 117 Å². The van der Waals surface area contributed by atoms with Gasteiger partial charge in [0.25, 0.3) is 0 Å². The van der Waals surface area contributed by atoms with Crippen LogP contribution in [0.4, 0.5) is 0 Å². The molecule has 5 heteroatoms. The maximum absolute atomic E-state index is 13.5. The van der Waals surface area contributed by atoms with Gasteiger partial charge in [0.2, 0.25) is 0 Å². The molecule has 0 spiro atoms. The number of allylic oxidation sites excluding steroid dienone is 1. The molecule has 5 saturated carbocycles. The first-order valence-corrected chi connectivity index (χ1v) is 14.0. The third-order valence-corrected chi connectivity index (χ3v) is 13.3. The Morgan fingerprint density at radius 2 is 1.49 bits per heavy atom. The van der Waals surface area contributed by atoms with Crippen molar-refractivity contribution in [3.63, 3.8) is 0 Å². The zero-order valence-corrected chi connectivity index (χ0v) is 22.4. The minimum atomic E-state index is -0.897. The van der Waals surface area contributed by atoms with Gasteiger partial charge >= 0.3 is 11.9 Å². The quantitative estimate of drug-likeness (QED) is 0.416. The smallest absolute Gasteiger partial charge is 0.310 e. The lowest BCUT2D eigenvalue weighted by Crippen LogP contribution is -2.69. The first-order valence-electron chi connectivity index (χ1n) is 14.0. The largest absolute Gasteiger partial charge is 0.481 e. The fourth-order valence-electron chi connectivity index (χ4n) is 11.6. The lowest BCUT2D eigenvalue weighted by atomic mass is 9.32. The molecule has 5 aliphatic carbocycles. The Balaban J connectivity index is 1.64. The summed E-state index contributed by atoms with van der Waals surface area (Å²) in [5.74, 6) is -0.959. The topological polar surface area (TPSA) is 94.8 Å². The number of aliphatic hydroxyl groups excluding tert-OH is 1. The molecule has 3 N–H and O–H groups in total. The number of fused-ring (bicyclic) bond motifs is 7. The molecule has 0 bridgehead atoms. The van der Waals surface area contributed by atoms with E-state index in [0.29, 0.717) is 25.2 Å². The highest BCUT2D eigenvalue weighted by atomic mass is 16.4. The summed E-state index contributed by atoms with van der Waals surface area (Å²) in [5.41, 5.74) is -1.25. The van der Waals surface area contributed by atoms with Crippen LogP contribution < -0.4 is 0 Å². The van der Waals surface area contributed by atoms with Crippen molar-refractivity contribution in [2.24, 2.45) is 56.7 Å². The number of carbonyl (C=O) groups is 2. The molecule has 0 saturated heterocycles. The van der Waals surface area contributed by atoms with Crippen LogP contribution >= 0.6 is 0 Å². The van der Waals surface area contributed by atoms with Crippen LogP contribution in [0.5, 0.6) is 0 Å². The predicted octanol–water partition coefficient (Wildman–Crippen LogP) is 6.15. The summed E-state index contributed by atoms with van der Waals surface area (Å²) >= 11 is 0. The summed E-state index contributed by atoms with van der Waals surface area (Å²) < 4.78 is 0. The van der Waals surface area contributed by atoms with Crippen molar-refractivity contribution in [3.05, 3.63) is 12.2 Å². The van der Waals surface area contributed by atoms with Gasteiger partial charge in [0.05, 0.1) is 16.9 Å². The fourth-order valence-corrected chi connectivity index (χ4v) is 11.6. The van der Waals surface area contributed by atoms with Crippen molar-refractivity contribution in [3.8, 4) is 0 Å². The molecule has 196 valence electrons. The SMILES string of the molecule is C=C(C)[C@@H]1CC[C@]2(C(=O)O)CC[C@]3(C(=O)O)[C@H](CC[C@@H]4[C@@]5(C)CC[C@H](O)C(C)(C)[C@@H]5CC[C@]43C)[C@@H]12. The van der Waals surface area contributed by atoms with Crippen LogP contribution in [0.3, 0.4) is 0 Å². The zero-order chi connectivity index (χ0) is 25.8. The van der Waals surface area contributed by atoms with Crippen LogP contribution in [0.25, 0.3) is 0 Å². The molecule has 0 aromatic carbocycles. The van der Waals surface area contributed by atoms with Crippen molar-refractivity contribution in [2.75, 3.05) is 0 Å². The van der Waals surface area contributed by atoms with E-state index >= 15 is 0 Å². The lowest BCUT2D eigenvalue weighted by Gasteiger charge is -2.71. The van der Waals surface area contributed by atoms with Crippen LogP contribution in [0.15, 0.2) is 12.2 Å². The van der Waals surface area contributed by atoms with Gasteiger partial charge in [-0.2, -0.15) is 0 Å². The Kier molecular flexibility index (Phi) is 5.48. The molecule has 0 aromatic heterocycles. The normalized spacial score (nSPS) is 52.4. The standard InChI is InChI=1S/C30H46O5/c1-17(2)18-9-14-29(24(32)33)15-16-30(25(34)35)19(23(18)29)7-8-21-27(5)12-11-22(31)26(3,4)20(27)10-13-28(21,30)6/h18-23,31H,1,7-16H2,2-6H3,(H,32,33)(H,34,35)/t18-,19+,20-,21+,22-,23+,27-,28+,29-,30+/m0/s1. The summed E-state index contributed by atoms with van der Waals surface area (Å²) in [5, 5.41) is 32.5. The predicted molar refractivity (Wildman–Crippen MR) is 135 cm³/mol. The second-order valence-electron chi connectivity index (χ2n) is 14.4. The molecule has 0 aromatic rings. The zero-order valence-electron chi connectivity index (χ0n) is 22.4. The average Bonchev–Trinajstić information content (AvgIpc) is 3.18. The monoisotopic (exact) mass is 486 g/mol. The molecule has 0 aliphatic heterocycles. The van der Waals surface area contributed by atoms with E-state index in [-0.39, 0.29) is 46.0 Å². The summed E-state index contributed by atoms with van der Waals surface area (Å²) in [7, 11) is 0. The van der Waals surface area contributed by atoms with Gasteiger partial charge in [-0.15, -0.1) is 0 Å². The number of hydrogen-bond acceptors (Lipinski definition) is 3. The molecule has 0 unspecified atom stereocenters. The minimum Gasteiger partial charge on any atom is -0.481 e. The van der Waals surface area contributed by atoms with Crippen LogP contribution in [0, 0.1) is 56.7 Å². The molecular weight excluding hydrogens is 440 g/mol. The maximum atomic E-state index is 13.5. The van der Waals surface area contributed by atoms with Crippen LogP contribution in [-0.4, -0.2) is 33.4 Å².